The van der Waals surface area contributed by atoms with E-state index < -0.39 is 46.3 Å². The molecule has 0 aromatic carbocycles. The van der Waals surface area contributed by atoms with E-state index in [4.69, 9.17) is 23.7 Å². The summed E-state index contributed by atoms with van der Waals surface area (Å²) < 4.78 is 31.1. The van der Waals surface area contributed by atoms with Crippen LogP contribution < -0.4 is 0 Å². The Balaban J connectivity index is 1.29. The largest absolute Gasteiger partial charge is 0.434 e. The molecule has 4 saturated carbocycles. The van der Waals surface area contributed by atoms with E-state index in [0.29, 0.717) is 35.5 Å². The Morgan fingerprint density at radius 3 is 1.78 bits per heavy atom. The van der Waals surface area contributed by atoms with Crippen LogP contribution in [0.4, 0.5) is 0 Å². The fraction of sp³-hybridized carbons (Fsp3) is 0.939. The van der Waals surface area contributed by atoms with E-state index in [0.717, 1.165) is 51.4 Å². The molecule has 232 valence electrons. The third-order valence-corrected chi connectivity index (χ3v) is 13.1. The van der Waals surface area contributed by atoms with Crippen molar-refractivity contribution in [2.45, 2.75) is 147 Å². The summed E-state index contributed by atoms with van der Waals surface area (Å²) in [4.78, 5) is 27.6. The van der Waals surface area contributed by atoms with Crippen LogP contribution in [0.1, 0.15) is 106 Å². The third kappa shape index (κ3) is 4.93. The SMILES string of the molecule is CC(C)[C@@H]1CC[C@@H](C)C[C@H]1O[C@@H]1OC(=O)[C@]2(Br)[C@H]1[C@@]21C(=O)O[C@@H](O[C@@H]2C[C@H](C)CC[C@H]2C(C)C)[C@@H]1OC1CCCC1. The Kier molecular flexibility index (Phi) is 8.39. The zero-order valence-electron chi connectivity index (χ0n) is 25.8. The lowest BCUT2D eigenvalue weighted by molar-refractivity contribution is -0.225. The third-order valence-electron chi connectivity index (χ3n) is 11.7. The molecule has 0 aromatic rings. The molecule has 8 heteroatoms. The first-order valence-corrected chi connectivity index (χ1v) is 17.3. The molecule has 6 fully saturated rings. The highest BCUT2D eigenvalue weighted by molar-refractivity contribution is 9.10. The first-order chi connectivity index (χ1) is 19.5. The van der Waals surface area contributed by atoms with E-state index in [9.17, 15) is 9.59 Å². The van der Waals surface area contributed by atoms with Crippen molar-refractivity contribution in [3.63, 3.8) is 0 Å². The van der Waals surface area contributed by atoms with Crippen molar-refractivity contribution in [2.75, 3.05) is 0 Å². The molecule has 0 amide bonds. The molecule has 2 heterocycles. The van der Waals surface area contributed by atoms with Gasteiger partial charge in [0, 0.05) is 0 Å². The zero-order chi connectivity index (χ0) is 29.3. The second kappa shape index (κ2) is 11.3. The maximum atomic E-state index is 14.0. The van der Waals surface area contributed by atoms with Gasteiger partial charge in [0.25, 0.3) is 0 Å². The van der Waals surface area contributed by atoms with Crippen LogP contribution in [0, 0.1) is 46.8 Å². The van der Waals surface area contributed by atoms with Crippen molar-refractivity contribution < 1.29 is 33.3 Å². The fourth-order valence-electron chi connectivity index (χ4n) is 9.20. The summed E-state index contributed by atoms with van der Waals surface area (Å²) in [5.41, 5.74) is -1.21. The molecule has 12 atom stereocenters. The van der Waals surface area contributed by atoms with Crippen LogP contribution in [0.5, 0.6) is 0 Å². The summed E-state index contributed by atoms with van der Waals surface area (Å²) in [7, 11) is 0. The van der Waals surface area contributed by atoms with Gasteiger partial charge >= 0.3 is 11.9 Å². The van der Waals surface area contributed by atoms with Gasteiger partial charge in [-0.2, -0.15) is 0 Å². The highest BCUT2D eigenvalue weighted by Crippen LogP contribution is 2.78. The van der Waals surface area contributed by atoms with E-state index in [2.05, 4.69) is 57.5 Å². The number of cyclic esters (lactones) is 2. The molecule has 6 aliphatic rings. The normalized spacial score (nSPS) is 48.2. The Labute approximate surface area is 254 Å². The van der Waals surface area contributed by atoms with E-state index in [1.54, 1.807) is 0 Å². The van der Waals surface area contributed by atoms with Gasteiger partial charge in [-0.25, -0.2) is 0 Å². The molecule has 41 heavy (non-hydrogen) atoms. The second-order valence-corrected chi connectivity index (χ2v) is 16.3. The molecule has 4 aliphatic carbocycles. The molecule has 0 radical (unpaired) electrons. The van der Waals surface area contributed by atoms with Crippen molar-refractivity contribution in [1.29, 1.82) is 0 Å². The number of rotatable bonds is 8. The first kappa shape index (κ1) is 30.3. The van der Waals surface area contributed by atoms with Crippen LogP contribution in [0.2, 0.25) is 0 Å². The summed E-state index contributed by atoms with van der Waals surface area (Å²) in [5, 5.41) is 0. The van der Waals surface area contributed by atoms with E-state index in [1.807, 2.05) is 0 Å². The monoisotopic (exact) mass is 638 g/mol. The molecule has 6 rings (SSSR count). The Hall–Kier alpha value is -0.700. The van der Waals surface area contributed by atoms with Gasteiger partial charge in [0.15, 0.2) is 4.32 Å². The molecule has 0 bridgehead atoms. The maximum Gasteiger partial charge on any atom is 0.327 e. The summed E-state index contributed by atoms with van der Waals surface area (Å²) in [5.74, 6) is 1.45. The first-order valence-electron chi connectivity index (χ1n) is 16.6. The maximum absolute atomic E-state index is 14.0. The van der Waals surface area contributed by atoms with Gasteiger partial charge < -0.3 is 23.7 Å². The predicted molar refractivity (Wildman–Crippen MR) is 157 cm³/mol. The number of hydrogen-bond acceptors (Lipinski definition) is 7. The quantitative estimate of drug-likeness (QED) is 0.214. The second-order valence-electron chi connectivity index (χ2n) is 15.1. The minimum absolute atomic E-state index is 0.0132. The summed E-state index contributed by atoms with van der Waals surface area (Å²) >= 11 is 3.76. The number of carbonyl (C=O) groups excluding carboxylic acids is 2. The van der Waals surface area contributed by atoms with Gasteiger partial charge in [0.05, 0.1) is 24.2 Å². The van der Waals surface area contributed by atoms with Gasteiger partial charge in [-0.15, -0.1) is 0 Å². The van der Waals surface area contributed by atoms with Crippen LogP contribution in [0.25, 0.3) is 0 Å². The van der Waals surface area contributed by atoms with E-state index >= 15 is 0 Å². The molecule has 1 spiro atoms. The fourth-order valence-corrected chi connectivity index (χ4v) is 10.4. The molecule has 0 aromatic heterocycles. The van der Waals surface area contributed by atoms with Crippen LogP contribution >= 0.6 is 15.9 Å². The average molecular weight is 640 g/mol. The van der Waals surface area contributed by atoms with Crippen molar-refractivity contribution >= 4 is 27.9 Å². The Morgan fingerprint density at radius 1 is 0.732 bits per heavy atom. The molecule has 7 nitrogen and oxygen atoms in total. The van der Waals surface area contributed by atoms with Crippen molar-refractivity contribution in [1.82, 2.24) is 0 Å². The van der Waals surface area contributed by atoms with Gasteiger partial charge in [-0.3, -0.25) is 9.59 Å². The average Bonchev–Trinajstić information content (AvgIpc) is 3.23. The lowest BCUT2D eigenvalue weighted by Gasteiger charge is -2.39. The zero-order valence-corrected chi connectivity index (χ0v) is 27.4. The van der Waals surface area contributed by atoms with Crippen LogP contribution in [0.3, 0.4) is 0 Å². The number of ether oxygens (including phenoxy) is 5. The van der Waals surface area contributed by atoms with Crippen molar-refractivity contribution in [3.8, 4) is 0 Å². The highest BCUT2D eigenvalue weighted by atomic mass is 79.9. The Morgan fingerprint density at radius 2 is 1.24 bits per heavy atom. The minimum Gasteiger partial charge on any atom is -0.434 e. The summed E-state index contributed by atoms with van der Waals surface area (Å²) in [6.45, 7) is 13.5. The van der Waals surface area contributed by atoms with Crippen molar-refractivity contribution in [3.05, 3.63) is 0 Å². The summed E-state index contributed by atoms with van der Waals surface area (Å²) in [6, 6.07) is 0. The number of carbonyl (C=O) groups is 2. The lowest BCUT2D eigenvalue weighted by atomic mass is 9.75. The molecular formula is C33H51BrO7. The van der Waals surface area contributed by atoms with E-state index in [1.165, 1.54) is 12.8 Å². The van der Waals surface area contributed by atoms with Crippen molar-refractivity contribution in [2.24, 2.45) is 46.8 Å². The van der Waals surface area contributed by atoms with Gasteiger partial charge in [0.1, 0.15) is 11.5 Å². The minimum atomic E-state index is -1.21. The van der Waals surface area contributed by atoms with Gasteiger partial charge in [-0.05, 0) is 74.0 Å². The van der Waals surface area contributed by atoms with Gasteiger partial charge in [-0.1, -0.05) is 83.2 Å². The van der Waals surface area contributed by atoms with Crippen LogP contribution in [0.15, 0.2) is 0 Å². The number of alkyl halides is 1. The number of halogens is 1. The number of esters is 2. The number of hydrogen-bond donors (Lipinski definition) is 0. The van der Waals surface area contributed by atoms with Crippen LogP contribution in [-0.2, 0) is 33.3 Å². The van der Waals surface area contributed by atoms with Gasteiger partial charge in [0.2, 0.25) is 12.6 Å². The smallest absolute Gasteiger partial charge is 0.327 e. The Bertz CT molecular complexity index is 996. The lowest BCUT2D eigenvalue weighted by Crippen LogP contribution is -2.47. The molecule has 2 saturated heterocycles. The molecular weight excluding hydrogens is 588 g/mol. The molecule has 2 aliphatic heterocycles. The van der Waals surface area contributed by atoms with E-state index in [-0.39, 0.29) is 18.3 Å². The molecule has 0 unspecified atom stereocenters. The standard InChI is InChI=1S/C33H51BrO7/c1-17(2)22-13-11-19(5)15-24(22)38-28-26-32(33(26,34)31(36)40-28)27(37-21-9-7-8-10-21)29(41-30(32)35)39-25-16-20(6)12-14-23(25)18(3)4/h17-29H,7-16H2,1-6H3/t19-,20-,22+,23+,24-,25-,26-,27+,28-,29-,32-,33-/m1/s1. The van der Waals surface area contributed by atoms with Crippen LogP contribution in [-0.4, -0.2) is 53.3 Å². The summed E-state index contributed by atoms with van der Waals surface area (Å²) in [6.07, 6.45) is 8.22. The molecule has 0 N–H and O–H groups in total. The topological polar surface area (TPSA) is 80.3 Å². The predicted octanol–water partition coefficient (Wildman–Crippen LogP) is 6.78. The number of fused-ring (bicyclic) bond motifs is 3. The highest BCUT2D eigenvalue weighted by Gasteiger charge is 2.97.